The minimum Gasteiger partial charge on any atom is -0.462 e. The highest BCUT2D eigenvalue weighted by atomic mass is 16.5. The Labute approximate surface area is 159 Å². The van der Waals surface area contributed by atoms with Gasteiger partial charge in [-0.05, 0) is 52.2 Å². The predicted molar refractivity (Wildman–Crippen MR) is 105 cm³/mol. The summed E-state index contributed by atoms with van der Waals surface area (Å²) in [4.78, 5) is 30.6. The number of nitrogens with one attached hydrogen (secondary N) is 2. The number of ether oxygens (including phenoxy) is 1. The van der Waals surface area contributed by atoms with E-state index in [1.54, 1.807) is 37.4 Å². The second-order valence-electron chi connectivity index (χ2n) is 6.27. The highest BCUT2D eigenvalue weighted by molar-refractivity contribution is 5.97. The summed E-state index contributed by atoms with van der Waals surface area (Å²) in [5.41, 5.74) is 2.10. The molecular formula is C20H26N4O3. The first-order valence-electron chi connectivity index (χ1n) is 8.92. The van der Waals surface area contributed by atoms with Crippen molar-refractivity contribution < 1.29 is 14.3 Å². The van der Waals surface area contributed by atoms with Crippen molar-refractivity contribution in [3.05, 3.63) is 53.9 Å². The van der Waals surface area contributed by atoms with E-state index < -0.39 is 5.97 Å². The van der Waals surface area contributed by atoms with Crippen molar-refractivity contribution in [2.75, 3.05) is 39.1 Å². The summed E-state index contributed by atoms with van der Waals surface area (Å²) in [6.07, 6.45) is 3.99. The number of hydrogen-bond acceptors (Lipinski definition) is 6. The van der Waals surface area contributed by atoms with E-state index in [1.165, 1.54) is 6.20 Å². The van der Waals surface area contributed by atoms with Gasteiger partial charge in [-0.2, -0.15) is 0 Å². The Balaban J connectivity index is 2.06. The first kappa shape index (κ1) is 20.4. The highest BCUT2D eigenvalue weighted by Crippen LogP contribution is 2.21. The van der Waals surface area contributed by atoms with Gasteiger partial charge in [0, 0.05) is 12.7 Å². The molecule has 7 nitrogen and oxygen atoms in total. The van der Waals surface area contributed by atoms with Gasteiger partial charge in [-0.25, -0.2) is 4.79 Å². The molecule has 0 saturated heterocycles. The van der Waals surface area contributed by atoms with Gasteiger partial charge in [0.15, 0.2) is 0 Å². The fourth-order valence-corrected chi connectivity index (χ4v) is 2.47. The largest absolute Gasteiger partial charge is 0.462 e. The van der Waals surface area contributed by atoms with Crippen LogP contribution in [0, 0.1) is 0 Å². The first-order valence-corrected chi connectivity index (χ1v) is 8.92. The number of amides is 1. The zero-order chi connectivity index (χ0) is 19.6. The Kier molecular flexibility index (Phi) is 7.76. The van der Waals surface area contributed by atoms with E-state index in [9.17, 15) is 9.59 Å². The third kappa shape index (κ3) is 6.38. The van der Waals surface area contributed by atoms with E-state index in [0.29, 0.717) is 35.7 Å². The normalized spacial score (nSPS) is 10.5. The van der Waals surface area contributed by atoms with E-state index in [4.69, 9.17) is 4.74 Å². The number of pyridine rings is 1. The van der Waals surface area contributed by atoms with Gasteiger partial charge in [0.1, 0.15) is 0 Å². The zero-order valence-corrected chi connectivity index (χ0v) is 16.0. The predicted octanol–water partition coefficient (Wildman–Crippen LogP) is 2.68. The average Bonchev–Trinajstić information content (AvgIpc) is 2.66. The quantitative estimate of drug-likeness (QED) is 0.522. The summed E-state index contributed by atoms with van der Waals surface area (Å²) in [6.45, 7) is 3.57. The number of rotatable bonds is 9. The Morgan fingerprint density at radius 1 is 1.19 bits per heavy atom. The van der Waals surface area contributed by atoms with Crippen LogP contribution in [0.5, 0.6) is 0 Å². The second-order valence-corrected chi connectivity index (χ2v) is 6.27. The Hall–Kier alpha value is -2.93. The molecule has 0 bridgehead atoms. The van der Waals surface area contributed by atoms with Crippen LogP contribution in [-0.4, -0.2) is 55.6 Å². The van der Waals surface area contributed by atoms with E-state index in [0.717, 1.165) is 13.0 Å². The second kappa shape index (κ2) is 10.3. The molecule has 1 amide bonds. The number of nitrogens with zero attached hydrogens (tertiary/aromatic N) is 2. The Bertz CT molecular complexity index is 777. The highest BCUT2D eigenvalue weighted by Gasteiger charge is 2.13. The van der Waals surface area contributed by atoms with E-state index in [1.807, 2.05) is 20.2 Å². The molecular weight excluding hydrogens is 344 g/mol. The smallest absolute Gasteiger partial charge is 0.340 e. The van der Waals surface area contributed by atoms with Crippen molar-refractivity contribution in [2.45, 2.75) is 13.3 Å². The standard InChI is InChI=1S/C20H26N4O3/c1-4-27-20(26)17-8-5-6-9-18(17)23-16-12-15(13-21-14-16)19(25)22-10-7-11-24(2)3/h5-6,8-9,12-14,23H,4,7,10-11H2,1-3H3,(H,22,25). The topological polar surface area (TPSA) is 83.6 Å². The number of aromatic nitrogens is 1. The summed E-state index contributed by atoms with van der Waals surface area (Å²) < 4.78 is 5.08. The molecule has 7 heteroatoms. The van der Waals surface area contributed by atoms with Crippen molar-refractivity contribution in [1.82, 2.24) is 15.2 Å². The summed E-state index contributed by atoms with van der Waals surface area (Å²) in [6, 6.07) is 8.76. The van der Waals surface area contributed by atoms with Gasteiger partial charge in [0.05, 0.1) is 35.3 Å². The van der Waals surface area contributed by atoms with Crippen molar-refractivity contribution in [1.29, 1.82) is 0 Å². The molecule has 0 spiro atoms. The van der Waals surface area contributed by atoms with Crippen molar-refractivity contribution >= 4 is 23.3 Å². The number of anilines is 2. The van der Waals surface area contributed by atoms with Crippen LogP contribution in [0.3, 0.4) is 0 Å². The third-order valence-electron chi connectivity index (χ3n) is 3.77. The molecule has 0 aliphatic heterocycles. The summed E-state index contributed by atoms with van der Waals surface area (Å²) in [5.74, 6) is -0.577. The molecule has 0 unspecified atom stereocenters. The molecule has 2 rings (SSSR count). The third-order valence-corrected chi connectivity index (χ3v) is 3.77. The van der Waals surface area contributed by atoms with Crippen molar-refractivity contribution in [3.8, 4) is 0 Å². The molecule has 1 heterocycles. The monoisotopic (exact) mass is 370 g/mol. The van der Waals surface area contributed by atoms with Gasteiger partial charge in [-0.1, -0.05) is 12.1 Å². The van der Waals surface area contributed by atoms with Gasteiger partial charge in [0.2, 0.25) is 0 Å². The number of hydrogen-bond donors (Lipinski definition) is 2. The lowest BCUT2D eigenvalue weighted by molar-refractivity contribution is 0.0527. The van der Waals surface area contributed by atoms with Gasteiger partial charge < -0.3 is 20.3 Å². The van der Waals surface area contributed by atoms with Crippen molar-refractivity contribution in [2.24, 2.45) is 0 Å². The maximum absolute atomic E-state index is 12.3. The Morgan fingerprint density at radius 3 is 2.70 bits per heavy atom. The molecule has 0 aliphatic carbocycles. The molecule has 144 valence electrons. The molecule has 2 N–H and O–H groups in total. The van der Waals surface area contributed by atoms with Crippen LogP contribution in [0.1, 0.15) is 34.1 Å². The van der Waals surface area contributed by atoms with Gasteiger partial charge in [-0.15, -0.1) is 0 Å². The zero-order valence-electron chi connectivity index (χ0n) is 16.0. The van der Waals surface area contributed by atoms with Gasteiger partial charge in [0.25, 0.3) is 5.91 Å². The van der Waals surface area contributed by atoms with Crippen LogP contribution in [-0.2, 0) is 4.74 Å². The van der Waals surface area contributed by atoms with Gasteiger partial charge >= 0.3 is 5.97 Å². The average molecular weight is 370 g/mol. The molecule has 1 aromatic heterocycles. The lowest BCUT2D eigenvalue weighted by atomic mass is 10.1. The lowest BCUT2D eigenvalue weighted by Crippen LogP contribution is -2.27. The minimum atomic E-state index is -0.400. The number of carbonyl (C=O) groups is 2. The van der Waals surface area contributed by atoms with Crippen LogP contribution >= 0.6 is 0 Å². The minimum absolute atomic E-state index is 0.177. The summed E-state index contributed by atoms with van der Waals surface area (Å²) in [5, 5.41) is 6.02. The van der Waals surface area contributed by atoms with Crippen LogP contribution < -0.4 is 10.6 Å². The summed E-state index contributed by atoms with van der Waals surface area (Å²) >= 11 is 0. The molecule has 0 fully saturated rings. The fraction of sp³-hybridized carbons (Fsp3) is 0.350. The molecule has 1 aromatic carbocycles. The van der Waals surface area contributed by atoms with Gasteiger partial charge in [-0.3, -0.25) is 9.78 Å². The van der Waals surface area contributed by atoms with E-state index in [2.05, 4.69) is 20.5 Å². The fourth-order valence-electron chi connectivity index (χ4n) is 2.47. The van der Waals surface area contributed by atoms with Crippen LogP contribution in [0.2, 0.25) is 0 Å². The molecule has 0 aliphatic rings. The van der Waals surface area contributed by atoms with E-state index >= 15 is 0 Å². The van der Waals surface area contributed by atoms with Crippen LogP contribution in [0.4, 0.5) is 11.4 Å². The maximum Gasteiger partial charge on any atom is 0.340 e. The van der Waals surface area contributed by atoms with Crippen molar-refractivity contribution in [3.63, 3.8) is 0 Å². The lowest BCUT2D eigenvalue weighted by Gasteiger charge is -2.12. The SMILES string of the molecule is CCOC(=O)c1ccccc1Nc1cncc(C(=O)NCCCN(C)C)c1. The molecule has 0 saturated carbocycles. The van der Waals surface area contributed by atoms with Crippen LogP contribution in [0.25, 0.3) is 0 Å². The number of esters is 1. The number of carbonyl (C=O) groups excluding carboxylic acids is 2. The first-order chi connectivity index (χ1) is 13.0. The number of benzene rings is 1. The molecule has 2 aromatic rings. The van der Waals surface area contributed by atoms with Crippen LogP contribution in [0.15, 0.2) is 42.7 Å². The molecule has 0 atom stereocenters. The Morgan fingerprint density at radius 2 is 1.96 bits per heavy atom. The number of para-hydroxylation sites is 1. The molecule has 0 radical (unpaired) electrons. The molecule has 27 heavy (non-hydrogen) atoms. The summed E-state index contributed by atoms with van der Waals surface area (Å²) in [7, 11) is 3.99. The van der Waals surface area contributed by atoms with E-state index in [-0.39, 0.29) is 5.91 Å². The maximum atomic E-state index is 12.3.